The van der Waals surface area contributed by atoms with Gasteiger partial charge in [-0.1, -0.05) is 92.4 Å². The molecule has 0 fully saturated rings. The van der Waals surface area contributed by atoms with Crippen molar-refractivity contribution in [2.45, 2.75) is 131 Å². The lowest BCUT2D eigenvalue weighted by atomic mass is 9.84. The molecule has 0 saturated heterocycles. The van der Waals surface area contributed by atoms with E-state index in [2.05, 4.69) is 34.6 Å². The minimum absolute atomic E-state index is 0.0716. The van der Waals surface area contributed by atoms with Gasteiger partial charge in [-0.3, -0.25) is 4.79 Å². The minimum atomic E-state index is 0.0716. The molecule has 0 atom stereocenters. The van der Waals surface area contributed by atoms with Crippen molar-refractivity contribution in [3.05, 3.63) is 0 Å². The van der Waals surface area contributed by atoms with Gasteiger partial charge in [0.15, 0.2) is 0 Å². The summed E-state index contributed by atoms with van der Waals surface area (Å²) < 4.78 is 0. The molecule has 0 aliphatic rings. The summed E-state index contributed by atoms with van der Waals surface area (Å²) >= 11 is 0. The van der Waals surface area contributed by atoms with Gasteiger partial charge < -0.3 is 5.11 Å². The highest BCUT2D eigenvalue weighted by molar-refractivity contribution is 5.78. The minimum Gasteiger partial charge on any atom is -0.396 e. The van der Waals surface area contributed by atoms with Crippen LogP contribution in [0, 0.1) is 10.8 Å². The number of unbranched alkanes of at least 4 members (excludes halogenated alkanes) is 8. The summed E-state index contributed by atoms with van der Waals surface area (Å²) in [5, 5.41) is 9.23. The van der Waals surface area contributed by atoms with Crippen LogP contribution in [-0.2, 0) is 4.79 Å². The molecule has 1 N–H and O–H groups in total. The second kappa shape index (κ2) is 14.7. The third kappa shape index (κ3) is 15.9. The monoisotopic (exact) mass is 368 g/mol. The van der Waals surface area contributed by atoms with Crippen molar-refractivity contribution in [1.82, 2.24) is 0 Å². The number of carbonyl (C=O) groups excluding carboxylic acids is 1. The molecule has 0 aliphatic heterocycles. The Hall–Kier alpha value is -0.370. The van der Waals surface area contributed by atoms with E-state index in [9.17, 15) is 9.90 Å². The van der Waals surface area contributed by atoms with Gasteiger partial charge >= 0.3 is 0 Å². The van der Waals surface area contributed by atoms with E-state index in [1.165, 1.54) is 64.2 Å². The van der Waals surface area contributed by atoms with Gasteiger partial charge in [0.25, 0.3) is 0 Å². The Morgan fingerprint density at radius 2 is 1.04 bits per heavy atom. The average molecular weight is 369 g/mol. The highest BCUT2D eigenvalue weighted by atomic mass is 16.3. The molecule has 0 heterocycles. The van der Waals surface area contributed by atoms with Gasteiger partial charge in [-0.05, 0) is 36.5 Å². The fourth-order valence-corrected chi connectivity index (χ4v) is 3.29. The highest BCUT2D eigenvalue weighted by Gasteiger charge is 2.15. The Morgan fingerprint density at radius 3 is 1.46 bits per heavy atom. The molecule has 0 aliphatic carbocycles. The van der Waals surface area contributed by atoms with Gasteiger partial charge in [-0.2, -0.15) is 0 Å². The van der Waals surface area contributed by atoms with Crippen molar-refractivity contribution in [1.29, 1.82) is 0 Å². The molecular formula is C24H48O2. The molecule has 0 bridgehead atoms. The Labute approximate surface area is 164 Å². The number of ketones is 1. The summed E-state index contributed by atoms with van der Waals surface area (Å²) in [7, 11) is 0. The van der Waals surface area contributed by atoms with E-state index in [4.69, 9.17) is 0 Å². The molecule has 0 aromatic heterocycles. The summed E-state index contributed by atoms with van der Waals surface area (Å²) in [4.78, 5) is 11.9. The lowest BCUT2D eigenvalue weighted by molar-refractivity contribution is -0.119. The van der Waals surface area contributed by atoms with Gasteiger partial charge in [0.05, 0.1) is 0 Å². The number of aliphatic hydroxyl groups excluding tert-OH is 1. The average Bonchev–Trinajstić information content (AvgIpc) is 2.60. The summed E-state index contributed by atoms with van der Waals surface area (Å²) in [6.07, 6.45) is 17.4. The first-order valence-electron chi connectivity index (χ1n) is 11.3. The van der Waals surface area contributed by atoms with Crippen LogP contribution in [0.4, 0.5) is 0 Å². The Bertz CT molecular complexity index is 312. The van der Waals surface area contributed by atoms with Crippen molar-refractivity contribution in [3.63, 3.8) is 0 Å². The zero-order chi connectivity index (χ0) is 19.9. The van der Waals surface area contributed by atoms with Crippen LogP contribution >= 0.6 is 0 Å². The first-order chi connectivity index (χ1) is 12.2. The van der Waals surface area contributed by atoms with Crippen molar-refractivity contribution in [3.8, 4) is 0 Å². The lowest BCUT2D eigenvalue weighted by Gasteiger charge is -2.22. The molecule has 26 heavy (non-hydrogen) atoms. The summed E-state index contributed by atoms with van der Waals surface area (Å²) in [5.74, 6) is 0.471. The van der Waals surface area contributed by atoms with Gasteiger partial charge in [-0.15, -0.1) is 0 Å². The summed E-state index contributed by atoms with van der Waals surface area (Å²) in [6, 6.07) is 0. The quantitative estimate of drug-likeness (QED) is 0.255. The van der Waals surface area contributed by atoms with Crippen LogP contribution in [0.5, 0.6) is 0 Å². The molecule has 0 amide bonds. The number of rotatable bonds is 18. The number of aliphatic hydroxyl groups is 1. The van der Waals surface area contributed by atoms with Gasteiger partial charge in [0.1, 0.15) is 5.78 Å². The van der Waals surface area contributed by atoms with E-state index in [1.807, 2.05) is 0 Å². The van der Waals surface area contributed by atoms with E-state index < -0.39 is 0 Å². The topological polar surface area (TPSA) is 37.3 Å². The van der Waals surface area contributed by atoms with E-state index in [1.54, 1.807) is 0 Å². The molecule has 2 nitrogen and oxygen atoms in total. The first-order valence-corrected chi connectivity index (χ1v) is 11.3. The molecule has 156 valence electrons. The molecule has 0 aromatic carbocycles. The zero-order valence-corrected chi connectivity index (χ0v) is 18.7. The SMILES string of the molecule is CCC(C)(C)CCCCCCCC(=O)CCCCCCCC(C)(C)CO. The predicted octanol–water partition coefficient (Wildman–Crippen LogP) is 7.47. The molecule has 0 unspecified atom stereocenters. The maximum atomic E-state index is 11.9. The largest absolute Gasteiger partial charge is 0.396 e. The van der Waals surface area contributed by atoms with E-state index in [0.717, 1.165) is 32.1 Å². The van der Waals surface area contributed by atoms with Crippen LogP contribution in [0.3, 0.4) is 0 Å². The number of hydrogen-bond acceptors (Lipinski definition) is 2. The van der Waals surface area contributed by atoms with E-state index in [-0.39, 0.29) is 12.0 Å². The fraction of sp³-hybridized carbons (Fsp3) is 0.958. The third-order valence-electron chi connectivity index (χ3n) is 6.00. The molecule has 0 aromatic rings. The predicted molar refractivity (Wildman–Crippen MR) is 115 cm³/mol. The van der Waals surface area contributed by atoms with Crippen molar-refractivity contribution < 1.29 is 9.90 Å². The van der Waals surface area contributed by atoms with Gasteiger partial charge in [-0.25, -0.2) is 0 Å². The molecular weight excluding hydrogens is 320 g/mol. The summed E-state index contributed by atoms with van der Waals surface area (Å²) in [5.41, 5.74) is 0.577. The second-order valence-electron chi connectivity index (χ2n) is 9.91. The van der Waals surface area contributed by atoms with E-state index in [0.29, 0.717) is 11.2 Å². The molecule has 0 saturated carbocycles. The van der Waals surface area contributed by atoms with E-state index >= 15 is 0 Å². The van der Waals surface area contributed by atoms with Crippen LogP contribution < -0.4 is 0 Å². The van der Waals surface area contributed by atoms with Gasteiger partial charge in [0.2, 0.25) is 0 Å². The van der Waals surface area contributed by atoms with Crippen LogP contribution in [0.25, 0.3) is 0 Å². The highest BCUT2D eigenvalue weighted by Crippen LogP contribution is 2.27. The van der Waals surface area contributed by atoms with Crippen molar-refractivity contribution >= 4 is 5.78 Å². The Balaban J connectivity index is 3.37. The van der Waals surface area contributed by atoms with Crippen LogP contribution in [0.2, 0.25) is 0 Å². The third-order valence-corrected chi connectivity index (χ3v) is 6.00. The van der Waals surface area contributed by atoms with Crippen LogP contribution in [0.15, 0.2) is 0 Å². The van der Waals surface area contributed by atoms with Crippen LogP contribution in [-0.4, -0.2) is 17.5 Å². The molecule has 2 heteroatoms. The fourth-order valence-electron chi connectivity index (χ4n) is 3.29. The Morgan fingerprint density at radius 1 is 0.654 bits per heavy atom. The Kier molecular flexibility index (Phi) is 14.5. The van der Waals surface area contributed by atoms with Crippen molar-refractivity contribution in [2.24, 2.45) is 10.8 Å². The first kappa shape index (κ1) is 25.6. The smallest absolute Gasteiger partial charge is 0.132 e. The molecule has 0 rings (SSSR count). The standard InChI is InChI=1S/C24H48O2/c1-6-23(2,3)19-15-11-7-9-13-17-22(26)18-14-10-8-12-16-20-24(4,5)21-25/h25H,6-21H2,1-5H3. The lowest BCUT2D eigenvalue weighted by Crippen LogP contribution is -2.16. The van der Waals surface area contributed by atoms with Gasteiger partial charge in [0, 0.05) is 19.4 Å². The summed E-state index contributed by atoms with van der Waals surface area (Å²) in [6.45, 7) is 11.5. The van der Waals surface area contributed by atoms with Crippen LogP contribution in [0.1, 0.15) is 131 Å². The second-order valence-corrected chi connectivity index (χ2v) is 9.91. The maximum absolute atomic E-state index is 11.9. The van der Waals surface area contributed by atoms with Crippen molar-refractivity contribution in [2.75, 3.05) is 6.61 Å². The zero-order valence-electron chi connectivity index (χ0n) is 18.7. The normalized spacial score (nSPS) is 12.5. The molecule has 0 spiro atoms. The number of carbonyl (C=O) groups is 1. The molecule has 0 radical (unpaired) electrons. The number of Topliss-reactive ketones (excluding diaryl/α,β-unsaturated/α-hetero) is 1. The number of hydrogen-bond donors (Lipinski definition) is 1. The maximum Gasteiger partial charge on any atom is 0.132 e.